The zero-order valence-corrected chi connectivity index (χ0v) is 15.1. The number of hydrogen-bond donors (Lipinski definition) is 1. The summed E-state index contributed by atoms with van der Waals surface area (Å²) < 4.78 is 11.9. The van der Waals surface area contributed by atoms with Crippen LogP contribution in [0.5, 0.6) is 0 Å². The summed E-state index contributed by atoms with van der Waals surface area (Å²) in [5.74, 6) is 0.557. The third-order valence-corrected chi connectivity index (χ3v) is 5.41. The van der Waals surface area contributed by atoms with Crippen LogP contribution in [0.4, 0.5) is 0 Å². The summed E-state index contributed by atoms with van der Waals surface area (Å²) in [5.41, 5.74) is 0. The molecule has 4 unspecified atom stereocenters. The molecule has 0 spiro atoms. The van der Waals surface area contributed by atoms with Gasteiger partial charge in [0, 0.05) is 19.6 Å². The van der Waals surface area contributed by atoms with Gasteiger partial charge in [-0.05, 0) is 56.8 Å². The minimum absolute atomic E-state index is 0.263. The summed E-state index contributed by atoms with van der Waals surface area (Å²) in [6.45, 7) is 3.97. The molecule has 2 aliphatic rings. The van der Waals surface area contributed by atoms with E-state index in [2.05, 4.69) is 19.1 Å². The largest absolute Gasteiger partial charge is 0.481 e. The third kappa shape index (κ3) is 6.21. The van der Waals surface area contributed by atoms with Crippen LogP contribution >= 0.6 is 0 Å². The monoisotopic (exact) mass is 338 g/mol. The Morgan fingerprint density at radius 2 is 1.92 bits per heavy atom. The first-order valence-electron chi connectivity index (χ1n) is 9.82. The predicted octanol–water partition coefficient (Wildman–Crippen LogP) is 4.58. The Labute approximate surface area is 146 Å². The van der Waals surface area contributed by atoms with Crippen LogP contribution in [-0.4, -0.2) is 36.5 Å². The topological polar surface area (TPSA) is 55.8 Å². The molecule has 4 atom stereocenters. The van der Waals surface area contributed by atoms with Crippen LogP contribution in [0.15, 0.2) is 12.2 Å². The van der Waals surface area contributed by atoms with Crippen LogP contribution < -0.4 is 0 Å². The van der Waals surface area contributed by atoms with Crippen molar-refractivity contribution in [3.63, 3.8) is 0 Å². The average Bonchev–Trinajstić information content (AvgIpc) is 3.15. The summed E-state index contributed by atoms with van der Waals surface area (Å²) in [6, 6.07) is 0. The van der Waals surface area contributed by atoms with Crippen LogP contribution in [0, 0.1) is 11.8 Å². The number of ether oxygens (including phenoxy) is 2. The molecule has 1 N–H and O–H groups in total. The molecule has 2 heterocycles. The molecule has 2 fully saturated rings. The van der Waals surface area contributed by atoms with Gasteiger partial charge in [-0.1, -0.05) is 31.9 Å². The summed E-state index contributed by atoms with van der Waals surface area (Å²) in [5, 5.41) is 8.65. The van der Waals surface area contributed by atoms with Crippen molar-refractivity contribution in [3.8, 4) is 0 Å². The highest BCUT2D eigenvalue weighted by Crippen LogP contribution is 2.46. The van der Waals surface area contributed by atoms with Gasteiger partial charge in [-0.25, -0.2) is 0 Å². The first-order valence-corrected chi connectivity index (χ1v) is 9.82. The molecule has 2 rings (SSSR count). The smallest absolute Gasteiger partial charge is 0.303 e. The second-order valence-corrected chi connectivity index (χ2v) is 7.22. The van der Waals surface area contributed by atoms with Gasteiger partial charge in [0.2, 0.25) is 0 Å². The molecule has 2 bridgehead atoms. The Balaban J connectivity index is 1.65. The Morgan fingerprint density at radius 1 is 1.12 bits per heavy atom. The maximum atomic E-state index is 10.5. The van der Waals surface area contributed by atoms with Crippen LogP contribution in [0.1, 0.15) is 71.1 Å². The molecule has 0 radical (unpaired) electrons. The Hall–Kier alpha value is -0.870. The highest BCUT2D eigenvalue weighted by molar-refractivity contribution is 5.66. The maximum absolute atomic E-state index is 10.5. The Kier molecular flexibility index (Phi) is 8.82. The lowest BCUT2D eigenvalue weighted by molar-refractivity contribution is -0.137. The minimum atomic E-state index is -0.705. The van der Waals surface area contributed by atoms with Gasteiger partial charge >= 0.3 is 5.97 Å². The number of unbranched alkanes of at least 4 members (excludes halogenated alkanes) is 3. The van der Waals surface area contributed by atoms with E-state index < -0.39 is 5.97 Å². The van der Waals surface area contributed by atoms with Crippen molar-refractivity contribution in [1.29, 1.82) is 0 Å². The molecule has 0 amide bonds. The van der Waals surface area contributed by atoms with Gasteiger partial charge < -0.3 is 14.6 Å². The normalized spacial score (nSPS) is 28.9. The van der Waals surface area contributed by atoms with E-state index in [-0.39, 0.29) is 6.42 Å². The first-order chi connectivity index (χ1) is 11.7. The first kappa shape index (κ1) is 19.5. The van der Waals surface area contributed by atoms with Crippen molar-refractivity contribution in [2.24, 2.45) is 11.8 Å². The highest BCUT2D eigenvalue weighted by atomic mass is 16.5. The SMILES string of the molecule is CCCCCOCCC1C2CCC(O2)C1C/C=C\CCCC(=O)O. The number of carboxylic acid groups (broad SMARTS) is 1. The zero-order valence-electron chi connectivity index (χ0n) is 15.1. The summed E-state index contributed by atoms with van der Waals surface area (Å²) in [4.78, 5) is 10.5. The lowest BCUT2D eigenvalue weighted by Crippen LogP contribution is -2.28. The molecule has 4 nitrogen and oxygen atoms in total. The molecule has 2 aliphatic heterocycles. The van der Waals surface area contributed by atoms with Gasteiger partial charge in [0.25, 0.3) is 0 Å². The van der Waals surface area contributed by atoms with E-state index in [9.17, 15) is 4.79 Å². The second kappa shape index (κ2) is 10.9. The number of fused-ring (bicyclic) bond motifs is 2. The fourth-order valence-corrected chi connectivity index (χ4v) is 4.12. The van der Waals surface area contributed by atoms with Crippen molar-refractivity contribution >= 4 is 5.97 Å². The van der Waals surface area contributed by atoms with E-state index >= 15 is 0 Å². The third-order valence-electron chi connectivity index (χ3n) is 5.41. The summed E-state index contributed by atoms with van der Waals surface area (Å²) in [7, 11) is 0. The summed E-state index contributed by atoms with van der Waals surface area (Å²) >= 11 is 0. The molecule has 2 saturated heterocycles. The van der Waals surface area contributed by atoms with Crippen molar-refractivity contribution in [3.05, 3.63) is 12.2 Å². The quantitative estimate of drug-likeness (QED) is 0.394. The maximum Gasteiger partial charge on any atom is 0.303 e. The van der Waals surface area contributed by atoms with Gasteiger partial charge in [0.05, 0.1) is 12.2 Å². The molecule has 0 aliphatic carbocycles. The predicted molar refractivity (Wildman–Crippen MR) is 95.1 cm³/mol. The highest BCUT2D eigenvalue weighted by Gasteiger charge is 2.47. The van der Waals surface area contributed by atoms with Gasteiger partial charge in [0.1, 0.15) is 0 Å². The van der Waals surface area contributed by atoms with E-state index in [0.29, 0.717) is 24.0 Å². The number of carbonyl (C=O) groups is 1. The lowest BCUT2D eigenvalue weighted by Gasteiger charge is -2.27. The van der Waals surface area contributed by atoms with Crippen molar-refractivity contribution in [2.75, 3.05) is 13.2 Å². The average molecular weight is 338 g/mol. The molecule has 0 aromatic carbocycles. The van der Waals surface area contributed by atoms with Crippen LogP contribution in [0.25, 0.3) is 0 Å². The molecule has 138 valence electrons. The van der Waals surface area contributed by atoms with Gasteiger partial charge in [-0.2, -0.15) is 0 Å². The van der Waals surface area contributed by atoms with Crippen molar-refractivity contribution in [1.82, 2.24) is 0 Å². The molecule has 0 aromatic rings. The summed E-state index contributed by atoms with van der Waals surface area (Å²) in [6.07, 6.45) is 15.4. The van der Waals surface area contributed by atoms with E-state index in [1.54, 1.807) is 0 Å². The fourth-order valence-electron chi connectivity index (χ4n) is 4.12. The van der Waals surface area contributed by atoms with Gasteiger partial charge in [-0.3, -0.25) is 4.79 Å². The minimum Gasteiger partial charge on any atom is -0.481 e. The molecular weight excluding hydrogens is 304 g/mol. The molecule has 0 aromatic heterocycles. The number of hydrogen-bond acceptors (Lipinski definition) is 3. The standard InChI is InChI=1S/C20H34O4/c1-2-3-8-14-23-15-13-17-16(18-11-12-19(17)24-18)9-6-4-5-7-10-20(21)22/h4,6,16-19H,2-3,5,7-15H2,1H3,(H,21,22)/b6-4-. The second-order valence-electron chi connectivity index (χ2n) is 7.22. The number of allylic oxidation sites excluding steroid dienone is 2. The van der Waals surface area contributed by atoms with Crippen LogP contribution in [-0.2, 0) is 14.3 Å². The molecule has 0 saturated carbocycles. The van der Waals surface area contributed by atoms with Gasteiger partial charge in [-0.15, -0.1) is 0 Å². The number of aliphatic carboxylic acids is 1. The lowest BCUT2D eigenvalue weighted by atomic mass is 9.76. The van der Waals surface area contributed by atoms with Crippen LogP contribution in [0.2, 0.25) is 0 Å². The Morgan fingerprint density at radius 3 is 2.67 bits per heavy atom. The van der Waals surface area contributed by atoms with E-state index in [0.717, 1.165) is 38.9 Å². The van der Waals surface area contributed by atoms with E-state index in [4.69, 9.17) is 14.6 Å². The molecular formula is C20H34O4. The van der Waals surface area contributed by atoms with E-state index in [1.165, 1.54) is 32.1 Å². The van der Waals surface area contributed by atoms with Crippen LogP contribution in [0.3, 0.4) is 0 Å². The van der Waals surface area contributed by atoms with Crippen molar-refractivity contribution in [2.45, 2.75) is 83.3 Å². The number of rotatable bonds is 13. The Bertz CT molecular complexity index is 393. The number of carboxylic acids is 1. The molecule has 24 heavy (non-hydrogen) atoms. The molecule has 4 heteroatoms. The zero-order chi connectivity index (χ0) is 17.2. The van der Waals surface area contributed by atoms with Crippen molar-refractivity contribution < 1.29 is 19.4 Å². The fraction of sp³-hybridized carbons (Fsp3) is 0.850. The van der Waals surface area contributed by atoms with Gasteiger partial charge in [0.15, 0.2) is 0 Å². The van der Waals surface area contributed by atoms with E-state index in [1.807, 2.05) is 0 Å².